The van der Waals surface area contributed by atoms with Crippen LogP contribution in [0.15, 0.2) is 67.3 Å². The molecule has 0 saturated heterocycles. The molecule has 0 saturated carbocycles. The Balaban J connectivity index is 1.77. The third-order valence-electron chi connectivity index (χ3n) is 4.60. The average molecular weight is 367 g/mol. The van der Waals surface area contributed by atoms with E-state index in [1.165, 1.54) is 10.8 Å². The van der Waals surface area contributed by atoms with Crippen LogP contribution >= 0.6 is 0 Å². The van der Waals surface area contributed by atoms with Crippen LogP contribution < -0.4 is 4.90 Å². The van der Waals surface area contributed by atoms with E-state index < -0.39 is 0 Å². The minimum Gasteiger partial charge on any atom is -0.378 e. The van der Waals surface area contributed by atoms with Crippen LogP contribution in [0.1, 0.15) is 15.9 Å². The van der Waals surface area contributed by atoms with Gasteiger partial charge in [-0.15, -0.1) is 0 Å². The van der Waals surface area contributed by atoms with Gasteiger partial charge in [0.2, 0.25) is 0 Å². The molecule has 0 unspecified atom stereocenters. The van der Waals surface area contributed by atoms with Gasteiger partial charge >= 0.3 is 0 Å². The van der Waals surface area contributed by atoms with Gasteiger partial charge in [0.05, 0.1) is 17.2 Å². The molecule has 0 fully saturated rings. The Kier molecular flexibility index (Phi) is 4.34. The topological polar surface area (TPSA) is 74.8 Å². The quantitative estimate of drug-likeness (QED) is 0.552. The third kappa shape index (κ3) is 2.99. The highest BCUT2D eigenvalue weighted by Crippen LogP contribution is 2.29. The van der Waals surface area contributed by atoms with Crippen molar-refractivity contribution in [2.75, 3.05) is 19.0 Å². The lowest BCUT2D eigenvalue weighted by Crippen LogP contribution is -2.11. The molecule has 6 nitrogen and oxygen atoms in total. The van der Waals surface area contributed by atoms with Gasteiger partial charge in [-0.05, 0) is 36.4 Å². The highest BCUT2D eigenvalue weighted by atomic mass is 16.2. The number of carbonyl (C=O) groups excluding carboxylic acids is 1. The molecular formula is C22H17N5O. The summed E-state index contributed by atoms with van der Waals surface area (Å²) in [5.41, 5.74) is 4.26. The summed E-state index contributed by atoms with van der Waals surface area (Å²) in [5.74, 6) is -0.184. The van der Waals surface area contributed by atoms with Gasteiger partial charge in [-0.2, -0.15) is 5.26 Å². The highest BCUT2D eigenvalue weighted by Gasteiger charge is 2.14. The van der Waals surface area contributed by atoms with E-state index in [4.69, 9.17) is 0 Å². The van der Waals surface area contributed by atoms with Crippen molar-refractivity contribution in [3.63, 3.8) is 0 Å². The first-order valence-electron chi connectivity index (χ1n) is 8.72. The minimum atomic E-state index is -0.184. The van der Waals surface area contributed by atoms with E-state index in [0.29, 0.717) is 16.8 Å². The van der Waals surface area contributed by atoms with Gasteiger partial charge in [0, 0.05) is 61.1 Å². The van der Waals surface area contributed by atoms with E-state index in [9.17, 15) is 10.1 Å². The summed E-state index contributed by atoms with van der Waals surface area (Å²) in [5, 5.41) is 10.4. The Labute approximate surface area is 162 Å². The molecule has 0 aliphatic carbocycles. The molecule has 3 aromatic heterocycles. The predicted octanol–water partition coefficient (Wildman–Crippen LogP) is 3.72. The van der Waals surface area contributed by atoms with Crippen molar-refractivity contribution >= 4 is 22.6 Å². The van der Waals surface area contributed by atoms with Gasteiger partial charge < -0.3 is 4.90 Å². The van der Waals surface area contributed by atoms with Crippen LogP contribution in [0.3, 0.4) is 0 Å². The van der Waals surface area contributed by atoms with Gasteiger partial charge in [0.1, 0.15) is 5.65 Å². The van der Waals surface area contributed by atoms with Gasteiger partial charge in [0.25, 0.3) is 5.91 Å². The molecule has 0 aliphatic rings. The Morgan fingerprint density at radius 2 is 2.00 bits per heavy atom. The summed E-state index contributed by atoms with van der Waals surface area (Å²) in [4.78, 5) is 23.2. The van der Waals surface area contributed by atoms with E-state index in [-0.39, 0.29) is 5.91 Å². The lowest BCUT2D eigenvalue weighted by molar-refractivity contribution is 0.0964. The Hall–Kier alpha value is -3.98. The number of nitrogens with zero attached hydrogens (tertiary/aromatic N) is 5. The smallest absolute Gasteiger partial charge is 0.265 e. The van der Waals surface area contributed by atoms with E-state index in [1.54, 1.807) is 30.7 Å². The molecule has 3 heterocycles. The summed E-state index contributed by atoms with van der Waals surface area (Å²) >= 11 is 0. The number of hydrogen-bond acceptors (Lipinski definition) is 5. The van der Waals surface area contributed by atoms with Crippen LogP contribution in [0.25, 0.3) is 22.2 Å². The molecule has 136 valence electrons. The second kappa shape index (κ2) is 6.97. The summed E-state index contributed by atoms with van der Waals surface area (Å²) in [6.45, 7) is 0. The van der Waals surface area contributed by atoms with Crippen molar-refractivity contribution < 1.29 is 4.79 Å². The Morgan fingerprint density at radius 1 is 1.14 bits per heavy atom. The normalized spacial score (nSPS) is 10.6. The highest BCUT2D eigenvalue weighted by molar-refractivity contribution is 6.01. The van der Waals surface area contributed by atoms with E-state index in [0.717, 1.165) is 22.2 Å². The molecule has 28 heavy (non-hydrogen) atoms. The second-order valence-electron chi connectivity index (χ2n) is 6.61. The summed E-state index contributed by atoms with van der Waals surface area (Å²) in [7, 11) is 3.87. The Morgan fingerprint density at radius 3 is 2.71 bits per heavy atom. The first-order valence-corrected chi connectivity index (χ1v) is 8.72. The maximum atomic E-state index is 12.7. The first kappa shape index (κ1) is 17.4. The zero-order chi connectivity index (χ0) is 19.7. The maximum absolute atomic E-state index is 12.7. The minimum absolute atomic E-state index is 0.184. The lowest BCUT2D eigenvalue weighted by Gasteiger charge is -2.14. The fourth-order valence-corrected chi connectivity index (χ4v) is 3.12. The molecule has 1 aromatic carbocycles. The molecular weight excluding hydrogens is 350 g/mol. The molecule has 0 atom stereocenters. The van der Waals surface area contributed by atoms with Crippen molar-refractivity contribution in [1.82, 2.24) is 14.5 Å². The molecule has 6 heteroatoms. The van der Waals surface area contributed by atoms with Crippen molar-refractivity contribution in [3.8, 4) is 17.2 Å². The molecule has 0 aliphatic heterocycles. The molecule has 0 spiro atoms. The molecule has 4 rings (SSSR count). The van der Waals surface area contributed by atoms with Crippen LogP contribution in [0.5, 0.6) is 0 Å². The molecule has 0 N–H and O–H groups in total. The van der Waals surface area contributed by atoms with Crippen LogP contribution in [-0.4, -0.2) is 34.5 Å². The monoisotopic (exact) mass is 367 g/mol. The number of rotatable bonds is 3. The van der Waals surface area contributed by atoms with Crippen LogP contribution in [0.2, 0.25) is 0 Å². The van der Waals surface area contributed by atoms with Crippen molar-refractivity contribution in [1.29, 1.82) is 5.26 Å². The van der Waals surface area contributed by atoms with Crippen molar-refractivity contribution in [3.05, 3.63) is 78.4 Å². The molecule has 0 amide bonds. The van der Waals surface area contributed by atoms with Crippen LogP contribution in [-0.2, 0) is 0 Å². The number of fused-ring (bicyclic) bond motifs is 1. The largest absolute Gasteiger partial charge is 0.378 e. The number of aromatic nitrogens is 3. The van der Waals surface area contributed by atoms with E-state index in [2.05, 4.69) is 16.0 Å². The fourth-order valence-electron chi connectivity index (χ4n) is 3.12. The standard InChI is InChI=1S/C22H17N5O/c1-26(2)19-5-6-20(17(11-19)12-23)18-10-15-7-9-27(21(15)25-14-18)22(28)16-4-3-8-24-13-16/h3-11,13-14H,1-2H3. The van der Waals surface area contributed by atoms with Gasteiger partial charge in [-0.1, -0.05) is 6.07 Å². The summed E-state index contributed by atoms with van der Waals surface area (Å²) in [6, 6.07) is 15.3. The number of carbonyl (C=O) groups is 1. The SMILES string of the molecule is CN(C)c1ccc(-c2cnc3c(ccn3C(=O)c3cccnc3)c2)c(C#N)c1. The third-order valence-corrected chi connectivity index (χ3v) is 4.60. The zero-order valence-electron chi connectivity index (χ0n) is 15.5. The maximum Gasteiger partial charge on any atom is 0.265 e. The number of benzene rings is 1. The van der Waals surface area contributed by atoms with Crippen LogP contribution in [0, 0.1) is 11.3 Å². The fraction of sp³-hybridized carbons (Fsp3) is 0.0909. The van der Waals surface area contributed by atoms with Crippen LogP contribution in [0.4, 0.5) is 5.69 Å². The van der Waals surface area contributed by atoms with E-state index >= 15 is 0 Å². The second-order valence-corrected chi connectivity index (χ2v) is 6.61. The number of pyridine rings is 2. The first-order chi connectivity index (χ1) is 13.6. The van der Waals surface area contributed by atoms with Gasteiger partial charge in [-0.3, -0.25) is 14.3 Å². The summed E-state index contributed by atoms with van der Waals surface area (Å²) in [6.07, 6.45) is 6.56. The average Bonchev–Trinajstić information content (AvgIpc) is 3.16. The number of anilines is 1. The van der Waals surface area contributed by atoms with Gasteiger partial charge in [0.15, 0.2) is 0 Å². The predicted molar refractivity (Wildman–Crippen MR) is 108 cm³/mol. The molecule has 4 aromatic rings. The molecule has 0 bridgehead atoms. The Bertz CT molecular complexity index is 1220. The molecule has 0 radical (unpaired) electrons. The summed E-state index contributed by atoms with van der Waals surface area (Å²) < 4.78 is 1.51. The number of hydrogen-bond donors (Lipinski definition) is 0. The number of nitriles is 1. The van der Waals surface area contributed by atoms with Crippen molar-refractivity contribution in [2.45, 2.75) is 0 Å². The lowest BCUT2D eigenvalue weighted by atomic mass is 10.0. The zero-order valence-corrected chi connectivity index (χ0v) is 15.5. The van der Waals surface area contributed by atoms with Gasteiger partial charge in [-0.25, -0.2) is 4.98 Å². The van der Waals surface area contributed by atoms with E-state index in [1.807, 2.05) is 49.3 Å². The van der Waals surface area contributed by atoms with Crippen molar-refractivity contribution in [2.24, 2.45) is 0 Å².